The van der Waals surface area contributed by atoms with Crippen molar-refractivity contribution in [3.05, 3.63) is 23.9 Å². The van der Waals surface area contributed by atoms with Crippen LogP contribution in [-0.2, 0) is 10.2 Å². The molecule has 0 aliphatic heterocycles. The first-order chi connectivity index (χ1) is 8.00. The lowest BCUT2D eigenvalue weighted by Crippen LogP contribution is -2.14. The zero-order valence-electron chi connectivity index (χ0n) is 10.5. The highest BCUT2D eigenvalue weighted by Crippen LogP contribution is 2.30. The summed E-state index contributed by atoms with van der Waals surface area (Å²) in [6, 6.07) is 0. The smallest absolute Gasteiger partial charge is 0.233 e. The molecule has 1 aromatic rings. The van der Waals surface area contributed by atoms with E-state index in [9.17, 15) is 4.79 Å². The second kappa shape index (κ2) is 4.43. The fraction of sp³-hybridized carbons (Fsp3) is 0.615. The van der Waals surface area contributed by atoms with Gasteiger partial charge in [0, 0.05) is 11.3 Å². The highest BCUT2D eigenvalue weighted by atomic mass is 16.5. The molecule has 0 N–H and O–H groups in total. The number of hydrogen-bond acceptors (Lipinski definition) is 4. The Balaban J connectivity index is 2.14. The van der Waals surface area contributed by atoms with Gasteiger partial charge in [-0.05, 0) is 12.8 Å². The Hall–Kier alpha value is -1.45. The first kappa shape index (κ1) is 12.0. The van der Waals surface area contributed by atoms with Crippen molar-refractivity contribution in [2.75, 3.05) is 0 Å². The van der Waals surface area contributed by atoms with Crippen molar-refractivity contribution < 1.29 is 9.32 Å². The molecule has 1 aliphatic carbocycles. The molecular formula is C13H18N2O2. The van der Waals surface area contributed by atoms with Crippen LogP contribution in [0.25, 0.3) is 0 Å². The Morgan fingerprint density at radius 1 is 1.35 bits per heavy atom. The molecule has 1 aromatic heterocycles. The van der Waals surface area contributed by atoms with Crippen LogP contribution in [0.3, 0.4) is 0 Å². The van der Waals surface area contributed by atoms with Gasteiger partial charge < -0.3 is 9.32 Å². The molecule has 0 spiro atoms. The summed E-state index contributed by atoms with van der Waals surface area (Å²) >= 11 is 0. The number of carbonyl (C=O) groups excluding carboxylic acids is 1. The van der Waals surface area contributed by atoms with Gasteiger partial charge in [-0.3, -0.25) is 0 Å². The summed E-state index contributed by atoms with van der Waals surface area (Å²) in [5, 5.41) is 4.01. The number of allylic oxidation sites excluding steroid dienone is 2. The van der Waals surface area contributed by atoms with Crippen molar-refractivity contribution in [2.45, 2.75) is 44.9 Å². The SMILES string of the molecule is CC(C)(C)c1noc(C2C=CC(C=O)CC2)n1. The number of hydrogen-bond donors (Lipinski definition) is 0. The van der Waals surface area contributed by atoms with E-state index in [0.29, 0.717) is 5.89 Å². The highest BCUT2D eigenvalue weighted by molar-refractivity contribution is 5.57. The molecule has 17 heavy (non-hydrogen) atoms. The molecule has 4 heteroatoms. The van der Waals surface area contributed by atoms with E-state index in [0.717, 1.165) is 25.0 Å². The van der Waals surface area contributed by atoms with Gasteiger partial charge in [0.1, 0.15) is 6.29 Å². The number of aldehydes is 1. The predicted octanol–water partition coefficient (Wildman–Crippen LogP) is 2.62. The van der Waals surface area contributed by atoms with Crippen LogP contribution < -0.4 is 0 Å². The van der Waals surface area contributed by atoms with Gasteiger partial charge in [0.15, 0.2) is 5.82 Å². The Morgan fingerprint density at radius 2 is 2.12 bits per heavy atom. The van der Waals surface area contributed by atoms with Gasteiger partial charge in [0.05, 0.1) is 5.92 Å². The highest BCUT2D eigenvalue weighted by Gasteiger charge is 2.25. The van der Waals surface area contributed by atoms with Crippen LogP contribution in [0.4, 0.5) is 0 Å². The van der Waals surface area contributed by atoms with E-state index in [1.807, 2.05) is 12.2 Å². The molecule has 2 atom stereocenters. The molecule has 1 aliphatic rings. The van der Waals surface area contributed by atoms with Gasteiger partial charge >= 0.3 is 0 Å². The predicted molar refractivity (Wildman–Crippen MR) is 63.7 cm³/mol. The van der Waals surface area contributed by atoms with Gasteiger partial charge in [-0.2, -0.15) is 4.98 Å². The number of nitrogens with zero attached hydrogens (tertiary/aromatic N) is 2. The third-order valence-electron chi connectivity index (χ3n) is 3.01. The summed E-state index contributed by atoms with van der Waals surface area (Å²) < 4.78 is 5.30. The maximum absolute atomic E-state index is 10.6. The standard InChI is InChI=1S/C13H18N2O2/c1-13(2,3)12-14-11(17-15-12)10-6-4-9(8-16)5-7-10/h4,6,8-10H,5,7H2,1-3H3. The molecule has 0 saturated carbocycles. The third-order valence-corrected chi connectivity index (χ3v) is 3.01. The van der Waals surface area contributed by atoms with Crippen LogP contribution in [0.1, 0.15) is 51.2 Å². The fourth-order valence-corrected chi connectivity index (χ4v) is 1.85. The summed E-state index contributed by atoms with van der Waals surface area (Å²) in [6.07, 6.45) is 6.68. The second-order valence-electron chi connectivity index (χ2n) is 5.57. The van der Waals surface area contributed by atoms with Crippen LogP contribution >= 0.6 is 0 Å². The summed E-state index contributed by atoms with van der Waals surface area (Å²) in [7, 11) is 0. The van der Waals surface area contributed by atoms with Crippen LogP contribution in [-0.4, -0.2) is 16.4 Å². The zero-order valence-corrected chi connectivity index (χ0v) is 10.5. The van der Waals surface area contributed by atoms with Crippen molar-refractivity contribution in [2.24, 2.45) is 5.92 Å². The van der Waals surface area contributed by atoms with Crippen molar-refractivity contribution >= 4 is 6.29 Å². The quantitative estimate of drug-likeness (QED) is 0.583. The molecular weight excluding hydrogens is 216 g/mol. The van der Waals surface area contributed by atoms with Gasteiger partial charge in [-0.25, -0.2) is 0 Å². The lowest BCUT2D eigenvalue weighted by molar-refractivity contribution is -0.110. The largest absolute Gasteiger partial charge is 0.339 e. The summed E-state index contributed by atoms with van der Waals surface area (Å²) in [6.45, 7) is 6.17. The Bertz CT molecular complexity index is 429. The van der Waals surface area contributed by atoms with Crippen molar-refractivity contribution in [1.82, 2.24) is 10.1 Å². The molecule has 0 radical (unpaired) electrons. The van der Waals surface area contributed by atoms with Gasteiger partial charge in [0.25, 0.3) is 0 Å². The van der Waals surface area contributed by atoms with Crippen molar-refractivity contribution in [3.63, 3.8) is 0 Å². The van der Waals surface area contributed by atoms with E-state index < -0.39 is 0 Å². The van der Waals surface area contributed by atoms with E-state index in [1.54, 1.807) is 0 Å². The van der Waals surface area contributed by atoms with Crippen LogP contribution in [0, 0.1) is 5.92 Å². The molecule has 0 amide bonds. The topological polar surface area (TPSA) is 56.0 Å². The maximum atomic E-state index is 10.6. The molecule has 2 unspecified atom stereocenters. The van der Waals surface area contributed by atoms with E-state index >= 15 is 0 Å². The van der Waals surface area contributed by atoms with Crippen LogP contribution in [0.5, 0.6) is 0 Å². The second-order valence-corrected chi connectivity index (χ2v) is 5.57. The number of carbonyl (C=O) groups is 1. The number of rotatable bonds is 2. The third kappa shape index (κ3) is 2.62. The minimum atomic E-state index is -0.0918. The van der Waals surface area contributed by atoms with Crippen molar-refractivity contribution in [3.8, 4) is 0 Å². The molecule has 4 nitrogen and oxygen atoms in total. The summed E-state index contributed by atoms with van der Waals surface area (Å²) in [5.41, 5.74) is -0.0918. The molecule has 92 valence electrons. The minimum absolute atomic E-state index is 0.0521. The van der Waals surface area contributed by atoms with Gasteiger partial charge in [0.2, 0.25) is 5.89 Å². The first-order valence-corrected chi connectivity index (χ1v) is 5.98. The molecule has 0 saturated heterocycles. The Morgan fingerprint density at radius 3 is 2.59 bits per heavy atom. The van der Waals surface area contributed by atoms with E-state index in [1.165, 1.54) is 0 Å². The monoisotopic (exact) mass is 234 g/mol. The molecule has 2 rings (SSSR count). The van der Waals surface area contributed by atoms with Gasteiger partial charge in [-0.15, -0.1) is 0 Å². The number of aromatic nitrogens is 2. The van der Waals surface area contributed by atoms with Gasteiger partial charge in [-0.1, -0.05) is 38.1 Å². The van der Waals surface area contributed by atoms with Crippen LogP contribution in [0.2, 0.25) is 0 Å². The summed E-state index contributed by atoms with van der Waals surface area (Å²) in [4.78, 5) is 15.1. The maximum Gasteiger partial charge on any atom is 0.233 e. The van der Waals surface area contributed by atoms with E-state index in [4.69, 9.17) is 4.52 Å². The summed E-state index contributed by atoms with van der Waals surface area (Å²) in [5.74, 6) is 1.61. The Labute approximate surface area is 101 Å². The minimum Gasteiger partial charge on any atom is -0.339 e. The Kier molecular flexibility index (Phi) is 3.13. The van der Waals surface area contributed by atoms with E-state index in [2.05, 4.69) is 30.9 Å². The molecule has 0 fully saturated rings. The van der Waals surface area contributed by atoms with Crippen LogP contribution in [0.15, 0.2) is 16.7 Å². The fourth-order valence-electron chi connectivity index (χ4n) is 1.85. The first-order valence-electron chi connectivity index (χ1n) is 5.98. The zero-order chi connectivity index (χ0) is 12.5. The lowest BCUT2D eigenvalue weighted by atomic mass is 9.89. The molecule has 0 aromatic carbocycles. The molecule has 1 heterocycles. The average Bonchev–Trinajstić information content (AvgIpc) is 2.78. The normalized spacial score (nSPS) is 24.9. The van der Waals surface area contributed by atoms with Crippen molar-refractivity contribution in [1.29, 1.82) is 0 Å². The molecule has 0 bridgehead atoms. The van der Waals surface area contributed by atoms with E-state index in [-0.39, 0.29) is 17.3 Å². The average molecular weight is 234 g/mol. The lowest BCUT2D eigenvalue weighted by Gasteiger charge is -2.16.